The largest absolute Gasteiger partial charge is 0.385 e. The first kappa shape index (κ1) is 13.2. The van der Waals surface area contributed by atoms with Crippen LogP contribution in [0.5, 0.6) is 0 Å². The average Bonchev–Trinajstić information content (AvgIpc) is 2.63. The number of halogens is 1. The van der Waals surface area contributed by atoms with Gasteiger partial charge in [0.05, 0.1) is 0 Å². The van der Waals surface area contributed by atoms with Gasteiger partial charge in [-0.1, -0.05) is 6.92 Å². The molecule has 4 heteroatoms. The van der Waals surface area contributed by atoms with Gasteiger partial charge in [0.25, 0.3) is 0 Å². The molecule has 0 aliphatic rings. The average molecular weight is 292 g/mol. The Bertz CT molecular complexity index is 290. The van der Waals surface area contributed by atoms with Crippen LogP contribution in [0.3, 0.4) is 0 Å². The lowest BCUT2D eigenvalue weighted by Crippen LogP contribution is -2.23. The molecule has 1 N–H and O–H groups in total. The van der Waals surface area contributed by atoms with Crippen molar-refractivity contribution in [3.05, 3.63) is 20.8 Å². The van der Waals surface area contributed by atoms with E-state index in [0.29, 0.717) is 12.0 Å². The number of nitrogens with one attached hydrogen (secondary N) is 1. The molecule has 1 rings (SSSR count). The van der Waals surface area contributed by atoms with E-state index in [4.69, 9.17) is 4.74 Å². The molecule has 1 heterocycles. The zero-order valence-electron chi connectivity index (χ0n) is 9.42. The molecule has 1 aromatic rings. The van der Waals surface area contributed by atoms with Crippen molar-refractivity contribution in [3.8, 4) is 0 Å². The number of thiophene rings is 1. The van der Waals surface area contributed by atoms with Crippen LogP contribution >= 0.6 is 27.3 Å². The highest BCUT2D eigenvalue weighted by molar-refractivity contribution is 9.10. The lowest BCUT2D eigenvalue weighted by atomic mass is 9.97. The van der Waals surface area contributed by atoms with Crippen molar-refractivity contribution >= 4 is 27.3 Å². The second-order valence-electron chi connectivity index (χ2n) is 3.66. The highest BCUT2D eigenvalue weighted by Gasteiger charge is 2.20. The van der Waals surface area contributed by atoms with Gasteiger partial charge in [-0.25, -0.2) is 0 Å². The summed E-state index contributed by atoms with van der Waals surface area (Å²) in [5.41, 5.74) is 0. The van der Waals surface area contributed by atoms with Crippen molar-refractivity contribution in [3.63, 3.8) is 0 Å². The molecular formula is C11H18BrNOS. The molecule has 2 atom stereocenters. The van der Waals surface area contributed by atoms with E-state index in [1.165, 1.54) is 9.35 Å². The monoisotopic (exact) mass is 291 g/mol. The standard InChI is InChI=1S/C11H18BrNOS/c1-8(4-6-14-3)10(13-2)11-9(12)5-7-15-11/h5,7-8,10,13H,4,6H2,1-3H3. The zero-order chi connectivity index (χ0) is 11.3. The molecule has 1 aromatic heterocycles. The summed E-state index contributed by atoms with van der Waals surface area (Å²) in [6.45, 7) is 3.08. The van der Waals surface area contributed by atoms with Crippen LogP contribution < -0.4 is 5.32 Å². The van der Waals surface area contributed by atoms with Gasteiger partial charge in [-0.3, -0.25) is 0 Å². The fraction of sp³-hybridized carbons (Fsp3) is 0.636. The molecule has 0 saturated carbocycles. The summed E-state index contributed by atoms with van der Waals surface area (Å²) in [6, 6.07) is 2.52. The van der Waals surface area contributed by atoms with E-state index in [-0.39, 0.29) is 0 Å². The number of ether oxygens (including phenoxy) is 1. The van der Waals surface area contributed by atoms with Crippen LogP contribution in [0, 0.1) is 5.92 Å². The van der Waals surface area contributed by atoms with Crippen molar-refractivity contribution in [2.24, 2.45) is 5.92 Å². The number of methoxy groups -OCH3 is 1. The number of hydrogen-bond donors (Lipinski definition) is 1. The summed E-state index contributed by atoms with van der Waals surface area (Å²) >= 11 is 5.38. The first-order valence-corrected chi connectivity index (χ1v) is 6.77. The van der Waals surface area contributed by atoms with Crippen LogP contribution in [0.2, 0.25) is 0 Å². The molecule has 2 unspecified atom stereocenters. The Labute approximate surface area is 104 Å². The van der Waals surface area contributed by atoms with E-state index >= 15 is 0 Å². The summed E-state index contributed by atoms with van der Waals surface area (Å²) in [6.07, 6.45) is 1.08. The van der Waals surface area contributed by atoms with Crippen LogP contribution in [-0.4, -0.2) is 20.8 Å². The lowest BCUT2D eigenvalue weighted by molar-refractivity contribution is 0.171. The van der Waals surface area contributed by atoms with Gasteiger partial charge in [-0.05, 0) is 46.8 Å². The summed E-state index contributed by atoms with van der Waals surface area (Å²) in [5.74, 6) is 0.574. The minimum atomic E-state index is 0.412. The summed E-state index contributed by atoms with van der Waals surface area (Å²) in [4.78, 5) is 1.38. The van der Waals surface area contributed by atoms with Gasteiger partial charge in [-0.15, -0.1) is 11.3 Å². The topological polar surface area (TPSA) is 21.3 Å². The van der Waals surface area contributed by atoms with E-state index in [1.807, 2.05) is 7.05 Å². The van der Waals surface area contributed by atoms with Gasteiger partial charge in [0, 0.05) is 29.1 Å². The van der Waals surface area contributed by atoms with Crippen molar-refractivity contribution in [2.75, 3.05) is 20.8 Å². The Morgan fingerprint density at radius 2 is 2.33 bits per heavy atom. The van der Waals surface area contributed by atoms with E-state index in [0.717, 1.165) is 13.0 Å². The maximum atomic E-state index is 5.12. The third-order valence-corrected chi connectivity index (χ3v) is 4.54. The maximum absolute atomic E-state index is 5.12. The van der Waals surface area contributed by atoms with E-state index in [9.17, 15) is 0 Å². The van der Waals surface area contributed by atoms with Gasteiger partial charge in [0.1, 0.15) is 0 Å². The highest BCUT2D eigenvalue weighted by atomic mass is 79.9. The Hall–Kier alpha value is 0.1000. The van der Waals surface area contributed by atoms with Crippen LogP contribution in [0.15, 0.2) is 15.9 Å². The van der Waals surface area contributed by atoms with Crippen molar-refractivity contribution in [1.82, 2.24) is 5.32 Å². The minimum Gasteiger partial charge on any atom is -0.385 e. The SMILES string of the molecule is CNC(c1sccc1Br)C(C)CCOC. The number of hydrogen-bond acceptors (Lipinski definition) is 3. The molecule has 15 heavy (non-hydrogen) atoms. The van der Waals surface area contributed by atoms with Crippen LogP contribution in [-0.2, 0) is 4.74 Å². The molecule has 0 aromatic carbocycles. The number of rotatable bonds is 6. The van der Waals surface area contributed by atoms with Gasteiger partial charge in [-0.2, -0.15) is 0 Å². The molecule has 0 fully saturated rings. The van der Waals surface area contributed by atoms with Crippen LogP contribution in [0.25, 0.3) is 0 Å². The molecule has 0 saturated heterocycles. The van der Waals surface area contributed by atoms with Crippen molar-refractivity contribution in [2.45, 2.75) is 19.4 Å². The Morgan fingerprint density at radius 1 is 1.60 bits per heavy atom. The fourth-order valence-electron chi connectivity index (χ4n) is 1.67. The maximum Gasteiger partial charge on any atom is 0.0465 e. The molecule has 0 radical (unpaired) electrons. The van der Waals surface area contributed by atoms with Crippen LogP contribution in [0.1, 0.15) is 24.3 Å². The van der Waals surface area contributed by atoms with Gasteiger partial charge in [0.15, 0.2) is 0 Å². The van der Waals surface area contributed by atoms with Crippen molar-refractivity contribution in [1.29, 1.82) is 0 Å². The minimum absolute atomic E-state index is 0.412. The first-order valence-electron chi connectivity index (χ1n) is 5.09. The molecule has 0 aliphatic heterocycles. The molecule has 0 spiro atoms. The lowest BCUT2D eigenvalue weighted by Gasteiger charge is -2.22. The molecule has 0 aliphatic carbocycles. The van der Waals surface area contributed by atoms with Crippen LogP contribution in [0.4, 0.5) is 0 Å². The summed E-state index contributed by atoms with van der Waals surface area (Å²) in [5, 5.41) is 5.50. The molecule has 0 amide bonds. The quantitative estimate of drug-likeness (QED) is 0.867. The normalized spacial score (nSPS) is 15.2. The third kappa shape index (κ3) is 3.55. The zero-order valence-corrected chi connectivity index (χ0v) is 11.8. The Balaban J connectivity index is 2.67. The molecular weight excluding hydrogens is 274 g/mol. The molecule has 0 bridgehead atoms. The fourth-order valence-corrected chi connectivity index (χ4v) is 3.53. The molecule has 2 nitrogen and oxygen atoms in total. The smallest absolute Gasteiger partial charge is 0.0465 e. The summed E-state index contributed by atoms with van der Waals surface area (Å²) < 4.78 is 6.32. The van der Waals surface area contributed by atoms with E-state index in [1.54, 1.807) is 18.4 Å². The van der Waals surface area contributed by atoms with Crippen molar-refractivity contribution < 1.29 is 4.74 Å². The van der Waals surface area contributed by atoms with E-state index in [2.05, 4.69) is 39.6 Å². The predicted octanol–water partition coefficient (Wildman–Crippen LogP) is 3.44. The second kappa shape index (κ2) is 6.63. The van der Waals surface area contributed by atoms with Gasteiger partial charge in [0.2, 0.25) is 0 Å². The Kier molecular flexibility index (Phi) is 5.82. The van der Waals surface area contributed by atoms with Gasteiger partial charge < -0.3 is 10.1 Å². The second-order valence-corrected chi connectivity index (χ2v) is 5.46. The summed E-state index contributed by atoms with van der Waals surface area (Å²) in [7, 11) is 3.77. The Morgan fingerprint density at radius 3 is 2.80 bits per heavy atom. The van der Waals surface area contributed by atoms with Gasteiger partial charge >= 0.3 is 0 Å². The van der Waals surface area contributed by atoms with E-state index < -0.39 is 0 Å². The third-order valence-electron chi connectivity index (χ3n) is 2.58. The predicted molar refractivity (Wildman–Crippen MR) is 69.5 cm³/mol. The first-order chi connectivity index (χ1) is 7.20. The highest BCUT2D eigenvalue weighted by Crippen LogP contribution is 2.34. The molecule has 86 valence electrons.